The molecule has 0 saturated heterocycles. The molecule has 2 aromatic carbocycles. The van der Waals surface area contributed by atoms with Gasteiger partial charge in [-0.1, -0.05) is 31.2 Å². The first kappa shape index (κ1) is 10.8. The van der Waals surface area contributed by atoms with E-state index in [9.17, 15) is 9.18 Å². The van der Waals surface area contributed by atoms with Gasteiger partial charge in [-0.25, -0.2) is 4.39 Å². The number of hydrogen-bond donors (Lipinski definition) is 0. The fourth-order valence-electron chi connectivity index (χ4n) is 1.80. The van der Waals surface area contributed by atoms with Crippen LogP contribution in [0, 0.1) is 5.82 Å². The normalized spacial score (nSPS) is 10.6. The Labute approximate surface area is 93.9 Å². The van der Waals surface area contributed by atoms with Gasteiger partial charge in [0, 0.05) is 12.8 Å². The Morgan fingerprint density at radius 3 is 2.81 bits per heavy atom. The van der Waals surface area contributed by atoms with Crippen LogP contribution in [0.3, 0.4) is 0 Å². The molecule has 0 fully saturated rings. The number of halogens is 1. The molecule has 0 aliphatic carbocycles. The van der Waals surface area contributed by atoms with Crippen LogP contribution in [0.2, 0.25) is 0 Å². The molecule has 0 radical (unpaired) electrons. The van der Waals surface area contributed by atoms with Crippen molar-refractivity contribution >= 4 is 16.6 Å². The first-order chi connectivity index (χ1) is 7.70. The average Bonchev–Trinajstić information content (AvgIpc) is 2.29. The van der Waals surface area contributed by atoms with E-state index in [2.05, 4.69) is 0 Å². The van der Waals surface area contributed by atoms with Gasteiger partial charge >= 0.3 is 0 Å². The maximum Gasteiger partial charge on any atom is 0.137 e. The zero-order chi connectivity index (χ0) is 11.5. The highest BCUT2D eigenvalue weighted by Gasteiger charge is 2.06. The zero-order valence-electron chi connectivity index (χ0n) is 9.16. The summed E-state index contributed by atoms with van der Waals surface area (Å²) in [5.74, 6) is -0.0827. The van der Waals surface area contributed by atoms with Crippen LogP contribution in [0.25, 0.3) is 10.8 Å². The van der Waals surface area contributed by atoms with E-state index in [0.29, 0.717) is 12.8 Å². The highest BCUT2D eigenvalue weighted by molar-refractivity contribution is 5.90. The number of Topliss-reactive ketones (excluding diaryl/α,β-unsaturated/α-hetero) is 1. The van der Waals surface area contributed by atoms with Gasteiger partial charge in [0.2, 0.25) is 0 Å². The lowest BCUT2D eigenvalue weighted by Crippen LogP contribution is -2.00. The van der Waals surface area contributed by atoms with Crippen LogP contribution >= 0.6 is 0 Å². The van der Waals surface area contributed by atoms with Crippen LogP contribution in [-0.2, 0) is 11.2 Å². The maximum absolute atomic E-state index is 13.2. The summed E-state index contributed by atoms with van der Waals surface area (Å²) in [5, 5.41) is 1.81. The van der Waals surface area contributed by atoms with Gasteiger partial charge in [-0.2, -0.15) is 0 Å². The SMILES string of the molecule is CCC(=O)Cc1cccc2ccc(F)cc12. The van der Waals surface area contributed by atoms with E-state index in [1.807, 2.05) is 25.1 Å². The molecule has 0 unspecified atom stereocenters. The van der Waals surface area contributed by atoms with Crippen LogP contribution in [0.5, 0.6) is 0 Å². The Morgan fingerprint density at radius 2 is 2.06 bits per heavy atom. The summed E-state index contributed by atoms with van der Waals surface area (Å²) in [6.45, 7) is 1.84. The van der Waals surface area contributed by atoms with Crippen molar-refractivity contribution in [2.24, 2.45) is 0 Å². The van der Waals surface area contributed by atoms with Crippen molar-refractivity contribution in [2.75, 3.05) is 0 Å². The van der Waals surface area contributed by atoms with Crippen LogP contribution in [0.1, 0.15) is 18.9 Å². The van der Waals surface area contributed by atoms with Gasteiger partial charge < -0.3 is 0 Å². The molecule has 0 aliphatic rings. The molecule has 2 aromatic rings. The van der Waals surface area contributed by atoms with Crippen molar-refractivity contribution in [3.8, 4) is 0 Å². The van der Waals surface area contributed by atoms with E-state index in [0.717, 1.165) is 16.3 Å². The molecule has 16 heavy (non-hydrogen) atoms. The fourth-order valence-corrected chi connectivity index (χ4v) is 1.80. The molecular formula is C14H13FO. The summed E-state index contributed by atoms with van der Waals surface area (Å²) >= 11 is 0. The second-order valence-corrected chi connectivity index (χ2v) is 3.85. The number of benzene rings is 2. The molecule has 0 amide bonds. The van der Waals surface area contributed by atoms with Crippen molar-refractivity contribution in [1.82, 2.24) is 0 Å². The molecule has 0 N–H and O–H groups in total. The number of carbonyl (C=O) groups excluding carboxylic acids is 1. The highest BCUT2D eigenvalue weighted by atomic mass is 19.1. The zero-order valence-corrected chi connectivity index (χ0v) is 9.16. The summed E-state index contributed by atoms with van der Waals surface area (Å²) in [4.78, 5) is 11.4. The second-order valence-electron chi connectivity index (χ2n) is 3.85. The molecule has 2 rings (SSSR count). The minimum atomic E-state index is -0.260. The summed E-state index contributed by atoms with van der Waals surface area (Å²) in [7, 11) is 0. The van der Waals surface area contributed by atoms with Crippen molar-refractivity contribution in [1.29, 1.82) is 0 Å². The van der Waals surface area contributed by atoms with E-state index in [1.54, 1.807) is 6.07 Å². The molecule has 0 aliphatic heterocycles. The molecule has 2 heteroatoms. The topological polar surface area (TPSA) is 17.1 Å². The summed E-state index contributed by atoms with van der Waals surface area (Å²) < 4.78 is 13.2. The lowest BCUT2D eigenvalue weighted by atomic mass is 10.00. The Morgan fingerprint density at radius 1 is 1.25 bits per heavy atom. The van der Waals surface area contributed by atoms with Crippen LogP contribution < -0.4 is 0 Å². The molecule has 0 spiro atoms. The number of fused-ring (bicyclic) bond motifs is 1. The number of hydrogen-bond acceptors (Lipinski definition) is 1. The predicted octanol–water partition coefficient (Wildman–Crippen LogP) is 3.50. The Bertz CT molecular complexity index is 531. The van der Waals surface area contributed by atoms with Crippen molar-refractivity contribution < 1.29 is 9.18 Å². The third-order valence-electron chi connectivity index (χ3n) is 2.72. The van der Waals surface area contributed by atoms with Crippen LogP contribution in [0.4, 0.5) is 4.39 Å². The lowest BCUT2D eigenvalue weighted by molar-refractivity contribution is -0.118. The van der Waals surface area contributed by atoms with E-state index < -0.39 is 0 Å². The average molecular weight is 216 g/mol. The molecule has 1 nitrogen and oxygen atoms in total. The molecule has 0 aromatic heterocycles. The molecule has 0 heterocycles. The van der Waals surface area contributed by atoms with E-state index in [1.165, 1.54) is 12.1 Å². The Balaban J connectivity index is 2.52. The smallest absolute Gasteiger partial charge is 0.137 e. The number of ketones is 1. The van der Waals surface area contributed by atoms with Crippen molar-refractivity contribution in [3.63, 3.8) is 0 Å². The third-order valence-corrected chi connectivity index (χ3v) is 2.72. The lowest BCUT2D eigenvalue weighted by Gasteiger charge is -2.05. The van der Waals surface area contributed by atoms with Gasteiger partial charge in [0.05, 0.1) is 0 Å². The monoisotopic (exact) mass is 216 g/mol. The van der Waals surface area contributed by atoms with Gasteiger partial charge in [-0.3, -0.25) is 4.79 Å². The largest absolute Gasteiger partial charge is 0.299 e. The second kappa shape index (κ2) is 4.44. The Hall–Kier alpha value is -1.70. The first-order valence-corrected chi connectivity index (χ1v) is 5.39. The van der Waals surface area contributed by atoms with Crippen molar-refractivity contribution in [3.05, 3.63) is 47.8 Å². The molecule has 0 atom stereocenters. The number of rotatable bonds is 3. The van der Waals surface area contributed by atoms with E-state index >= 15 is 0 Å². The van der Waals surface area contributed by atoms with Gasteiger partial charge in [0.15, 0.2) is 0 Å². The molecule has 0 saturated carbocycles. The van der Waals surface area contributed by atoms with Crippen molar-refractivity contribution in [2.45, 2.75) is 19.8 Å². The quantitative estimate of drug-likeness (QED) is 0.767. The predicted molar refractivity (Wildman–Crippen MR) is 62.9 cm³/mol. The standard InChI is InChI=1S/C14H13FO/c1-2-13(16)8-11-5-3-4-10-6-7-12(15)9-14(10)11/h3-7,9H,2,8H2,1H3. The highest BCUT2D eigenvalue weighted by Crippen LogP contribution is 2.20. The summed E-state index contributed by atoms with van der Waals surface area (Å²) in [6, 6.07) is 10.4. The van der Waals surface area contributed by atoms with Gasteiger partial charge in [0.1, 0.15) is 11.6 Å². The first-order valence-electron chi connectivity index (χ1n) is 5.39. The summed E-state index contributed by atoms with van der Waals surface area (Å²) in [5.41, 5.74) is 0.906. The van der Waals surface area contributed by atoms with Crippen LogP contribution in [0.15, 0.2) is 36.4 Å². The number of carbonyl (C=O) groups is 1. The van der Waals surface area contributed by atoms with E-state index in [-0.39, 0.29) is 11.6 Å². The van der Waals surface area contributed by atoms with E-state index in [4.69, 9.17) is 0 Å². The fraction of sp³-hybridized carbons (Fsp3) is 0.214. The summed E-state index contributed by atoms with van der Waals surface area (Å²) in [6.07, 6.45) is 0.906. The van der Waals surface area contributed by atoms with Gasteiger partial charge in [0.25, 0.3) is 0 Å². The Kier molecular flexibility index (Phi) is 3.00. The van der Waals surface area contributed by atoms with Crippen LogP contribution in [-0.4, -0.2) is 5.78 Å². The third kappa shape index (κ3) is 2.11. The minimum absolute atomic E-state index is 0.178. The molecule has 82 valence electrons. The minimum Gasteiger partial charge on any atom is -0.299 e. The molecular weight excluding hydrogens is 203 g/mol. The van der Waals surface area contributed by atoms with Gasteiger partial charge in [-0.05, 0) is 28.5 Å². The molecule has 0 bridgehead atoms. The maximum atomic E-state index is 13.2. The van der Waals surface area contributed by atoms with Gasteiger partial charge in [-0.15, -0.1) is 0 Å².